The maximum absolute atomic E-state index is 13.4. The van der Waals surface area contributed by atoms with E-state index in [-0.39, 0.29) is 24.3 Å². The molecule has 0 N–H and O–H groups in total. The first kappa shape index (κ1) is 22.7. The van der Waals surface area contributed by atoms with E-state index in [1.54, 1.807) is 17.1 Å². The fraction of sp³-hybridized carbons (Fsp3) is 0.259. The average molecular weight is 446 g/mol. The van der Waals surface area contributed by atoms with Gasteiger partial charge in [0.15, 0.2) is 0 Å². The van der Waals surface area contributed by atoms with Crippen molar-refractivity contribution in [2.24, 2.45) is 5.10 Å². The van der Waals surface area contributed by atoms with Gasteiger partial charge in [0.05, 0.1) is 24.9 Å². The Labute approximate surface area is 194 Å². The van der Waals surface area contributed by atoms with E-state index in [9.17, 15) is 9.18 Å². The van der Waals surface area contributed by atoms with E-state index in [0.29, 0.717) is 19.6 Å². The molecular weight excluding hydrogens is 417 g/mol. The number of rotatable bonds is 8. The number of hydrogen-bond acceptors (Lipinski definition) is 4. The Hall–Kier alpha value is -3.51. The van der Waals surface area contributed by atoms with Crippen LogP contribution in [0.15, 0.2) is 84.0 Å². The normalized spacial score (nSPS) is 15.6. The number of benzene rings is 3. The zero-order valence-corrected chi connectivity index (χ0v) is 18.9. The molecule has 1 amide bonds. The van der Waals surface area contributed by atoms with Gasteiger partial charge in [0.2, 0.25) is 0 Å². The van der Waals surface area contributed by atoms with Crippen LogP contribution >= 0.6 is 0 Å². The molecule has 1 aliphatic heterocycles. The van der Waals surface area contributed by atoms with Crippen molar-refractivity contribution in [1.82, 2.24) is 9.91 Å². The van der Waals surface area contributed by atoms with Gasteiger partial charge in [-0.05, 0) is 54.9 Å². The molecule has 1 atom stereocenters. The Balaban J connectivity index is 1.55. The topological polar surface area (TPSA) is 45.1 Å². The van der Waals surface area contributed by atoms with Crippen molar-refractivity contribution < 1.29 is 13.9 Å². The van der Waals surface area contributed by atoms with Gasteiger partial charge < -0.3 is 4.74 Å². The molecule has 6 heteroatoms. The van der Waals surface area contributed by atoms with Crippen molar-refractivity contribution in [2.45, 2.75) is 25.9 Å². The number of amides is 1. The van der Waals surface area contributed by atoms with Crippen LogP contribution in [-0.2, 0) is 11.3 Å². The highest BCUT2D eigenvalue weighted by atomic mass is 19.1. The van der Waals surface area contributed by atoms with E-state index >= 15 is 0 Å². The van der Waals surface area contributed by atoms with Gasteiger partial charge in [-0.3, -0.25) is 9.69 Å². The maximum atomic E-state index is 13.4. The summed E-state index contributed by atoms with van der Waals surface area (Å²) in [6, 6.07) is 23.9. The fourth-order valence-corrected chi connectivity index (χ4v) is 4.02. The highest BCUT2D eigenvalue weighted by Crippen LogP contribution is 2.33. The minimum Gasteiger partial charge on any atom is -0.494 e. The molecule has 0 spiro atoms. The van der Waals surface area contributed by atoms with E-state index in [4.69, 9.17) is 4.74 Å². The van der Waals surface area contributed by atoms with Gasteiger partial charge in [0.25, 0.3) is 5.91 Å². The summed E-state index contributed by atoms with van der Waals surface area (Å²) >= 11 is 0. The smallest absolute Gasteiger partial charge is 0.257 e. The zero-order valence-electron chi connectivity index (χ0n) is 18.9. The zero-order chi connectivity index (χ0) is 23.2. The van der Waals surface area contributed by atoms with Crippen molar-refractivity contribution in [3.8, 4) is 5.75 Å². The first-order valence-electron chi connectivity index (χ1n) is 11.1. The van der Waals surface area contributed by atoms with E-state index in [1.165, 1.54) is 12.1 Å². The van der Waals surface area contributed by atoms with Gasteiger partial charge in [-0.25, -0.2) is 9.40 Å². The highest BCUT2D eigenvalue weighted by Gasteiger charge is 2.33. The predicted molar refractivity (Wildman–Crippen MR) is 128 cm³/mol. The van der Waals surface area contributed by atoms with Gasteiger partial charge in [0, 0.05) is 13.0 Å². The standard InChI is InChI=1S/C27H28FN3O2/c1-3-33-24-15-11-22(12-16-24)26-17-25(21-9-13-23(28)14-10-21)29-31(26)27(32)19-30(2)18-20-7-5-4-6-8-20/h4-16,26H,3,17-19H2,1-2H3/t26-/m0/s1. The molecule has 4 rings (SSSR count). The third-order valence-corrected chi connectivity index (χ3v) is 5.62. The van der Waals surface area contributed by atoms with Crippen molar-refractivity contribution in [2.75, 3.05) is 20.2 Å². The van der Waals surface area contributed by atoms with Crippen LogP contribution in [-0.4, -0.2) is 41.7 Å². The van der Waals surface area contributed by atoms with Crippen molar-refractivity contribution >= 4 is 11.6 Å². The number of hydrazone groups is 1. The molecule has 0 unspecified atom stereocenters. The lowest BCUT2D eigenvalue weighted by atomic mass is 9.98. The first-order chi connectivity index (χ1) is 16.0. The predicted octanol–water partition coefficient (Wildman–Crippen LogP) is 5.03. The molecule has 0 fully saturated rings. The van der Waals surface area contributed by atoms with Crippen LogP contribution in [0.3, 0.4) is 0 Å². The van der Waals surface area contributed by atoms with Gasteiger partial charge in [-0.15, -0.1) is 0 Å². The number of likely N-dealkylation sites (N-methyl/N-ethyl adjacent to an activating group) is 1. The Morgan fingerprint density at radius 3 is 2.42 bits per heavy atom. The Morgan fingerprint density at radius 2 is 1.76 bits per heavy atom. The van der Waals surface area contributed by atoms with Crippen LogP contribution in [0.1, 0.15) is 36.1 Å². The number of ether oxygens (including phenoxy) is 1. The molecule has 0 saturated carbocycles. The average Bonchev–Trinajstić information content (AvgIpc) is 3.26. The molecule has 170 valence electrons. The minimum atomic E-state index is -0.295. The van der Waals surface area contributed by atoms with Crippen LogP contribution in [0.4, 0.5) is 4.39 Å². The molecule has 1 heterocycles. The van der Waals surface area contributed by atoms with Crippen LogP contribution in [0.25, 0.3) is 0 Å². The lowest BCUT2D eigenvalue weighted by molar-refractivity contribution is -0.134. The summed E-state index contributed by atoms with van der Waals surface area (Å²) in [5.74, 6) is 0.416. The van der Waals surface area contributed by atoms with Gasteiger partial charge >= 0.3 is 0 Å². The van der Waals surface area contributed by atoms with Crippen molar-refractivity contribution in [3.05, 3.63) is 101 Å². The second kappa shape index (κ2) is 10.4. The Morgan fingerprint density at radius 1 is 1.06 bits per heavy atom. The summed E-state index contributed by atoms with van der Waals surface area (Å²) in [5.41, 5.74) is 3.72. The minimum absolute atomic E-state index is 0.0792. The molecular formula is C27H28FN3O2. The molecule has 0 bridgehead atoms. The number of carbonyl (C=O) groups is 1. The van der Waals surface area contributed by atoms with E-state index < -0.39 is 0 Å². The van der Waals surface area contributed by atoms with Crippen LogP contribution in [0.2, 0.25) is 0 Å². The molecule has 3 aromatic rings. The molecule has 3 aromatic carbocycles. The van der Waals surface area contributed by atoms with Crippen molar-refractivity contribution in [1.29, 1.82) is 0 Å². The second-order valence-corrected chi connectivity index (χ2v) is 8.17. The van der Waals surface area contributed by atoms with Crippen molar-refractivity contribution in [3.63, 3.8) is 0 Å². The largest absolute Gasteiger partial charge is 0.494 e. The monoisotopic (exact) mass is 445 g/mol. The second-order valence-electron chi connectivity index (χ2n) is 8.17. The number of carbonyl (C=O) groups excluding carboxylic acids is 1. The summed E-state index contributed by atoms with van der Waals surface area (Å²) in [6.45, 7) is 3.45. The quantitative estimate of drug-likeness (QED) is 0.488. The summed E-state index contributed by atoms with van der Waals surface area (Å²) in [5, 5.41) is 6.26. The Bertz CT molecular complexity index is 1100. The summed E-state index contributed by atoms with van der Waals surface area (Å²) in [7, 11) is 1.93. The number of nitrogens with zero attached hydrogens (tertiary/aromatic N) is 3. The summed E-state index contributed by atoms with van der Waals surface area (Å²) < 4.78 is 19.0. The third kappa shape index (κ3) is 5.65. The van der Waals surface area contributed by atoms with Crippen LogP contribution < -0.4 is 4.74 Å². The molecule has 33 heavy (non-hydrogen) atoms. The number of hydrogen-bond donors (Lipinski definition) is 0. The lowest BCUT2D eigenvalue weighted by Gasteiger charge is -2.25. The molecule has 1 aliphatic rings. The van der Waals surface area contributed by atoms with Gasteiger partial charge in [-0.2, -0.15) is 5.10 Å². The van der Waals surface area contributed by atoms with Gasteiger partial charge in [-0.1, -0.05) is 54.6 Å². The van der Waals surface area contributed by atoms with E-state index in [0.717, 1.165) is 28.2 Å². The highest BCUT2D eigenvalue weighted by molar-refractivity contribution is 6.03. The third-order valence-electron chi connectivity index (χ3n) is 5.62. The van der Waals surface area contributed by atoms with E-state index in [1.807, 2.05) is 73.5 Å². The lowest BCUT2D eigenvalue weighted by Crippen LogP contribution is -2.36. The van der Waals surface area contributed by atoms with Crippen LogP contribution in [0, 0.1) is 5.82 Å². The molecule has 5 nitrogen and oxygen atoms in total. The molecule has 0 saturated heterocycles. The fourth-order valence-electron chi connectivity index (χ4n) is 4.02. The number of halogens is 1. The maximum Gasteiger partial charge on any atom is 0.257 e. The van der Waals surface area contributed by atoms with Gasteiger partial charge in [0.1, 0.15) is 11.6 Å². The van der Waals surface area contributed by atoms with E-state index in [2.05, 4.69) is 5.10 Å². The first-order valence-corrected chi connectivity index (χ1v) is 11.1. The van der Waals surface area contributed by atoms with Crippen LogP contribution in [0.5, 0.6) is 5.75 Å². The molecule has 0 aromatic heterocycles. The summed E-state index contributed by atoms with van der Waals surface area (Å²) in [4.78, 5) is 15.3. The molecule has 0 aliphatic carbocycles. The SMILES string of the molecule is CCOc1ccc([C@@H]2CC(c3ccc(F)cc3)=NN2C(=O)CN(C)Cc2ccccc2)cc1. The Kier molecular flexibility index (Phi) is 7.15. The summed E-state index contributed by atoms with van der Waals surface area (Å²) in [6.07, 6.45) is 0.563. The molecule has 0 radical (unpaired) electrons.